The molecule has 0 bridgehead atoms. The molecule has 0 saturated carbocycles. The molecule has 0 aromatic carbocycles. The number of aliphatic hydroxyl groups excluding tert-OH is 1. The molecular formula is C5H10O2. The van der Waals surface area contributed by atoms with Crippen molar-refractivity contribution in [1.29, 1.82) is 0 Å². The van der Waals surface area contributed by atoms with Gasteiger partial charge in [-0.25, -0.2) is 0 Å². The van der Waals surface area contributed by atoms with E-state index in [1.807, 2.05) is 6.92 Å². The van der Waals surface area contributed by atoms with Crippen LogP contribution in [0.15, 0.2) is 0 Å². The van der Waals surface area contributed by atoms with E-state index in [4.69, 9.17) is 9.84 Å². The van der Waals surface area contributed by atoms with Crippen molar-refractivity contribution in [2.75, 3.05) is 0 Å². The molecule has 0 radical (unpaired) electrons. The summed E-state index contributed by atoms with van der Waals surface area (Å²) in [7, 11) is 0. The Morgan fingerprint density at radius 3 is 2.43 bits per heavy atom. The van der Waals surface area contributed by atoms with Crippen LogP contribution in [0.25, 0.3) is 0 Å². The highest BCUT2D eigenvalue weighted by atomic mass is 16.6. The first-order chi connectivity index (χ1) is 3.29. The fourth-order valence-corrected chi connectivity index (χ4v) is 0.782. The third-order valence-corrected chi connectivity index (χ3v) is 1.21. The van der Waals surface area contributed by atoms with Crippen LogP contribution < -0.4 is 0 Å². The van der Waals surface area contributed by atoms with Gasteiger partial charge in [-0.2, -0.15) is 0 Å². The summed E-state index contributed by atoms with van der Waals surface area (Å²) in [5, 5.41) is 8.68. The van der Waals surface area contributed by atoms with E-state index in [2.05, 4.69) is 0 Å². The minimum atomic E-state index is -0.477. The molecule has 2 atom stereocenters. The van der Waals surface area contributed by atoms with Crippen LogP contribution in [-0.2, 0) is 4.74 Å². The fraction of sp³-hybridized carbons (Fsp3) is 1.00. The van der Waals surface area contributed by atoms with Crippen molar-refractivity contribution in [3.63, 3.8) is 0 Å². The van der Waals surface area contributed by atoms with E-state index in [1.165, 1.54) is 0 Å². The Labute approximate surface area is 43.1 Å². The Bertz CT molecular complexity index is 55.1. The second-order valence-corrected chi connectivity index (χ2v) is 1.98. The lowest BCUT2D eigenvalue weighted by Gasteiger charge is -2.00. The molecule has 42 valence electrons. The maximum Gasteiger partial charge on any atom is 0.154 e. The van der Waals surface area contributed by atoms with Crippen LogP contribution in [0, 0.1) is 0 Å². The van der Waals surface area contributed by atoms with Crippen molar-refractivity contribution in [2.24, 2.45) is 0 Å². The van der Waals surface area contributed by atoms with Crippen molar-refractivity contribution >= 4 is 0 Å². The number of hydrogen-bond acceptors (Lipinski definition) is 2. The first-order valence-electron chi connectivity index (χ1n) is 2.62. The molecule has 0 aromatic heterocycles. The summed E-state index contributed by atoms with van der Waals surface area (Å²) in [5.41, 5.74) is 0. The third-order valence-electron chi connectivity index (χ3n) is 1.21. The van der Waals surface area contributed by atoms with Gasteiger partial charge >= 0.3 is 0 Å². The number of hydrogen-bond donors (Lipinski definition) is 1. The van der Waals surface area contributed by atoms with Crippen LogP contribution in [0.1, 0.15) is 19.8 Å². The van der Waals surface area contributed by atoms with Crippen LogP contribution in [0.4, 0.5) is 0 Å². The van der Waals surface area contributed by atoms with Crippen LogP contribution in [0.5, 0.6) is 0 Å². The molecule has 0 spiro atoms. The zero-order chi connectivity index (χ0) is 5.28. The van der Waals surface area contributed by atoms with Gasteiger partial charge in [0.15, 0.2) is 6.29 Å². The highest BCUT2D eigenvalue weighted by Gasteiger charge is 2.17. The molecule has 0 amide bonds. The Morgan fingerprint density at radius 1 is 1.57 bits per heavy atom. The van der Waals surface area contributed by atoms with Gasteiger partial charge in [-0.3, -0.25) is 0 Å². The molecule has 1 aliphatic heterocycles. The van der Waals surface area contributed by atoms with Gasteiger partial charge in [-0.1, -0.05) is 0 Å². The molecule has 1 heterocycles. The maximum atomic E-state index is 8.68. The van der Waals surface area contributed by atoms with Crippen molar-refractivity contribution in [2.45, 2.75) is 32.2 Å². The summed E-state index contributed by atoms with van der Waals surface area (Å²) in [4.78, 5) is 0. The molecule has 0 aliphatic carbocycles. The lowest BCUT2D eigenvalue weighted by molar-refractivity contribution is -0.0849. The van der Waals surface area contributed by atoms with Gasteiger partial charge < -0.3 is 9.84 Å². The average molecular weight is 102 g/mol. The highest BCUT2D eigenvalue weighted by molar-refractivity contribution is 4.60. The minimum absolute atomic E-state index is 0.273. The molecule has 1 N–H and O–H groups in total. The third kappa shape index (κ3) is 1.14. The van der Waals surface area contributed by atoms with E-state index < -0.39 is 6.29 Å². The largest absolute Gasteiger partial charge is 0.368 e. The standard InChI is InChI=1S/C5H10O2/c1-4-2-3-5(6)7-4/h4-6H,2-3H2,1H3/t4?,5-/m0/s1. The zero-order valence-corrected chi connectivity index (χ0v) is 4.42. The summed E-state index contributed by atoms with van der Waals surface area (Å²) in [6, 6.07) is 0. The lowest BCUT2D eigenvalue weighted by Crippen LogP contribution is -2.05. The predicted octanol–water partition coefficient (Wildman–Crippen LogP) is 0.504. The van der Waals surface area contributed by atoms with E-state index in [-0.39, 0.29) is 6.10 Å². The molecule has 2 nitrogen and oxygen atoms in total. The first kappa shape index (κ1) is 5.06. The van der Waals surface area contributed by atoms with E-state index >= 15 is 0 Å². The highest BCUT2D eigenvalue weighted by Crippen LogP contribution is 2.15. The van der Waals surface area contributed by atoms with Gasteiger partial charge in [0.05, 0.1) is 6.10 Å². The maximum absolute atomic E-state index is 8.68. The van der Waals surface area contributed by atoms with Crippen LogP contribution in [0.3, 0.4) is 0 Å². The van der Waals surface area contributed by atoms with Gasteiger partial charge in [0.25, 0.3) is 0 Å². The average Bonchev–Trinajstić information content (AvgIpc) is 1.87. The predicted molar refractivity (Wildman–Crippen MR) is 25.8 cm³/mol. The molecule has 0 aromatic rings. The quantitative estimate of drug-likeness (QED) is 0.482. The first-order valence-corrected chi connectivity index (χ1v) is 2.62. The Balaban J connectivity index is 2.26. The molecule has 1 fully saturated rings. The summed E-state index contributed by atoms with van der Waals surface area (Å²) in [6.45, 7) is 1.97. The second-order valence-electron chi connectivity index (χ2n) is 1.98. The lowest BCUT2D eigenvalue weighted by atomic mass is 10.3. The number of ether oxygens (including phenoxy) is 1. The smallest absolute Gasteiger partial charge is 0.154 e. The van der Waals surface area contributed by atoms with Crippen molar-refractivity contribution in [3.8, 4) is 0 Å². The van der Waals surface area contributed by atoms with Gasteiger partial charge in [0, 0.05) is 6.42 Å². The SMILES string of the molecule is CC1CC[C@@H](O)O1. The molecule has 1 unspecified atom stereocenters. The fourth-order valence-electron chi connectivity index (χ4n) is 0.782. The summed E-state index contributed by atoms with van der Waals surface area (Å²) >= 11 is 0. The van der Waals surface area contributed by atoms with E-state index in [9.17, 15) is 0 Å². The van der Waals surface area contributed by atoms with E-state index in [0.717, 1.165) is 12.8 Å². The zero-order valence-electron chi connectivity index (χ0n) is 4.42. The van der Waals surface area contributed by atoms with E-state index in [0.29, 0.717) is 0 Å². The molecule has 1 aliphatic rings. The molecule has 2 heteroatoms. The molecular weight excluding hydrogens is 92.1 g/mol. The summed E-state index contributed by atoms with van der Waals surface area (Å²) in [5.74, 6) is 0. The van der Waals surface area contributed by atoms with Gasteiger partial charge in [0.1, 0.15) is 0 Å². The van der Waals surface area contributed by atoms with Crippen molar-refractivity contribution < 1.29 is 9.84 Å². The Hall–Kier alpha value is -0.0800. The van der Waals surface area contributed by atoms with Gasteiger partial charge in [-0.15, -0.1) is 0 Å². The Kier molecular flexibility index (Phi) is 1.30. The van der Waals surface area contributed by atoms with E-state index in [1.54, 1.807) is 0 Å². The monoisotopic (exact) mass is 102 g/mol. The van der Waals surface area contributed by atoms with Gasteiger partial charge in [-0.05, 0) is 13.3 Å². The van der Waals surface area contributed by atoms with Crippen LogP contribution in [0.2, 0.25) is 0 Å². The van der Waals surface area contributed by atoms with Crippen molar-refractivity contribution in [3.05, 3.63) is 0 Å². The van der Waals surface area contributed by atoms with Crippen molar-refractivity contribution in [1.82, 2.24) is 0 Å². The topological polar surface area (TPSA) is 29.5 Å². The molecule has 1 saturated heterocycles. The summed E-state index contributed by atoms with van der Waals surface area (Å²) in [6.07, 6.45) is 1.60. The second kappa shape index (κ2) is 1.80. The Morgan fingerprint density at radius 2 is 2.29 bits per heavy atom. The van der Waals surface area contributed by atoms with Crippen LogP contribution in [-0.4, -0.2) is 17.5 Å². The number of rotatable bonds is 0. The number of aliphatic hydroxyl groups is 1. The van der Waals surface area contributed by atoms with Gasteiger partial charge in [0.2, 0.25) is 0 Å². The summed E-state index contributed by atoms with van der Waals surface area (Å²) < 4.78 is 4.92. The molecule has 7 heavy (non-hydrogen) atoms. The minimum Gasteiger partial charge on any atom is -0.368 e. The normalized spacial score (nSPS) is 42.0. The molecule has 1 rings (SSSR count). The van der Waals surface area contributed by atoms with Crippen LogP contribution >= 0.6 is 0 Å².